The van der Waals surface area contributed by atoms with Crippen LogP contribution in [0.15, 0.2) is 0 Å². The number of amides is 1. The fourth-order valence-electron chi connectivity index (χ4n) is 1.73. The van der Waals surface area contributed by atoms with Gasteiger partial charge in [0.1, 0.15) is 0 Å². The number of morpholine rings is 1. The fourth-order valence-corrected chi connectivity index (χ4v) is 1.73. The van der Waals surface area contributed by atoms with Crippen molar-refractivity contribution >= 4 is 18.3 Å². The molecule has 1 fully saturated rings. The summed E-state index contributed by atoms with van der Waals surface area (Å²) in [6.45, 7) is 8.02. The summed E-state index contributed by atoms with van der Waals surface area (Å²) < 4.78 is 5.39. The van der Waals surface area contributed by atoms with Crippen molar-refractivity contribution in [3.05, 3.63) is 0 Å². The lowest BCUT2D eigenvalue weighted by atomic mass is 9.98. The standard InChI is InChI=1S/C11H22N2O2.ClH/c1-4-8(2)10(12)11(14)13-5-6-15-9(3)7-13;/h8-10H,4-7,12H2,1-3H3;1H. The van der Waals surface area contributed by atoms with Gasteiger partial charge in [-0.3, -0.25) is 4.79 Å². The number of hydrogen-bond donors (Lipinski definition) is 1. The molecule has 0 bridgehead atoms. The van der Waals surface area contributed by atoms with Gasteiger partial charge in [0.25, 0.3) is 0 Å². The Balaban J connectivity index is 0.00000225. The van der Waals surface area contributed by atoms with Gasteiger partial charge in [0.15, 0.2) is 0 Å². The number of rotatable bonds is 3. The molecule has 0 spiro atoms. The second-order valence-corrected chi connectivity index (χ2v) is 4.38. The summed E-state index contributed by atoms with van der Waals surface area (Å²) in [6, 6.07) is -0.361. The van der Waals surface area contributed by atoms with E-state index < -0.39 is 0 Å². The third kappa shape index (κ3) is 3.92. The van der Waals surface area contributed by atoms with Gasteiger partial charge in [0, 0.05) is 13.1 Å². The van der Waals surface area contributed by atoms with Crippen LogP contribution in [0.1, 0.15) is 27.2 Å². The van der Waals surface area contributed by atoms with Crippen LogP contribution < -0.4 is 5.73 Å². The second kappa shape index (κ2) is 7.09. The first-order valence-electron chi connectivity index (χ1n) is 5.72. The largest absolute Gasteiger partial charge is 0.375 e. The minimum absolute atomic E-state index is 0. The maximum Gasteiger partial charge on any atom is 0.239 e. The maximum absolute atomic E-state index is 12.0. The zero-order valence-electron chi connectivity index (χ0n) is 10.3. The molecule has 3 atom stereocenters. The molecule has 3 unspecified atom stereocenters. The molecule has 0 aromatic heterocycles. The van der Waals surface area contributed by atoms with Crippen LogP contribution in [0, 0.1) is 5.92 Å². The molecule has 0 aromatic rings. The Morgan fingerprint density at radius 3 is 2.75 bits per heavy atom. The van der Waals surface area contributed by atoms with Gasteiger partial charge < -0.3 is 15.4 Å². The first-order chi connectivity index (χ1) is 7.06. The lowest BCUT2D eigenvalue weighted by Crippen LogP contribution is -2.52. The monoisotopic (exact) mass is 250 g/mol. The van der Waals surface area contributed by atoms with Gasteiger partial charge >= 0.3 is 0 Å². The van der Waals surface area contributed by atoms with Gasteiger partial charge in [0.2, 0.25) is 5.91 Å². The van der Waals surface area contributed by atoms with Crippen LogP contribution in [0.3, 0.4) is 0 Å². The average Bonchev–Trinajstić information content (AvgIpc) is 2.26. The van der Waals surface area contributed by atoms with Crippen LogP contribution in [0.5, 0.6) is 0 Å². The molecule has 1 aliphatic rings. The number of carbonyl (C=O) groups is 1. The van der Waals surface area contributed by atoms with E-state index >= 15 is 0 Å². The van der Waals surface area contributed by atoms with E-state index in [9.17, 15) is 4.79 Å². The Labute approximate surface area is 104 Å². The quantitative estimate of drug-likeness (QED) is 0.814. The highest BCUT2D eigenvalue weighted by Gasteiger charge is 2.27. The molecule has 1 heterocycles. The van der Waals surface area contributed by atoms with Crippen LogP contribution in [0.2, 0.25) is 0 Å². The van der Waals surface area contributed by atoms with E-state index in [4.69, 9.17) is 10.5 Å². The molecule has 0 saturated carbocycles. The van der Waals surface area contributed by atoms with Crippen LogP contribution in [0.25, 0.3) is 0 Å². The van der Waals surface area contributed by atoms with Crippen molar-refractivity contribution in [3.63, 3.8) is 0 Å². The molecule has 0 aliphatic carbocycles. The summed E-state index contributed by atoms with van der Waals surface area (Å²) in [4.78, 5) is 13.8. The number of nitrogens with two attached hydrogens (primary N) is 1. The molecule has 1 rings (SSSR count). The number of ether oxygens (including phenoxy) is 1. The fraction of sp³-hybridized carbons (Fsp3) is 0.909. The van der Waals surface area contributed by atoms with Crippen molar-refractivity contribution < 1.29 is 9.53 Å². The Kier molecular flexibility index (Phi) is 6.95. The SMILES string of the molecule is CCC(C)C(N)C(=O)N1CCOC(C)C1.Cl. The minimum Gasteiger partial charge on any atom is -0.375 e. The van der Waals surface area contributed by atoms with E-state index in [-0.39, 0.29) is 36.4 Å². The molecular weight excluding hydrogens is 228 g/mol. The van der Waals surface area contributed by atoms with Crippen molar-refractivity contribution in [2.75, 3.05) is 19.7 Å². The van der Waals surface area contributed by atoms with Crippen LogP contribution in [-0.2, 0) is 9.53 Å². The Hall–Kier alpha value is -0.320. The third-order valence-corrected chi connectivity index (χ3v) is 3.09. The highest BCUT2D eigenvalue weighted by molar-refractivity contribution is 5.85. The van der Waals surface area contributed by atoms with Crippen molar-refractivity contribution in [2.24, 2.45) is 11.7 Å². The van der Waals surface area contributed by atoms with Crippen LogP contribution >= 0.6 is 12.4 Å². The molecule has 0 aromatic carbocycles. The van der Waals surface area contributed by atoms with E-state index in [2.05, 4.69) is 6.92 Å². The predicted octanol–water partition coefficient (Wildman–Crippen LogP) is 1.03. The van der Waals surface area contributed by atoms with E-state index in [1.165, 1.54) is 0 Å². The van der Waals surface area contributed by atoms with Gasteiger partial charge in [-0.1, -0.05) is 20.3 Å². The van der Waals surface area contributed by atoms with Crippen LogP contribution in [-0.4, -0.2) is 42.6 Å². The number of halogens is 1. The topological polar surface area (TPSA) is 55.6 Å². The Morgan fingerprint density at radius 2 is 2.25 bits per heavy atom. The summed E-state index contributed by atoms with van der Waals surface area (Å²) in [5.41, 5.74) is 5.92. The Bertz CT molecular complexity index is 226. The number of nitrogens with zero attached hydrogens (tertiary/aromatic N) is 1. The zero-order valence-corrected chi connectivity index (χ0v) is 11.1. The van der Waals surface area contributed by atoms with Crippen molar-refractivity contribution in [1.82, 2.24) is 4.90 Å². The molecule has 96 valence electrons. The molecule has 0 radical (unpaired) electrons. The zero-order chi connectivity index (χ0) is 11.4. The first kappa shape index (κ1) is 15.7. The van der Waals surface area contributed by atoms with E-state index in [0.29, 0.717) is 19.7 Å². The van der Waals surface area contributed by atoms with E-state index in [1.807, 2.05) is 18.7 Å². The summed E-state index contributed by atoms with van der Waals surface area (Å²) in [5, 5.41) is 0. The van der Waals surface area contributed by atoms with Gasteiger partial charge in [-0.25, -0.2) is 0 Å². The minimum atomic E-state index is -0.361. The molecule has 4 nitrogen and oxygen atoms in total. The molecule has 1 saturated heterocycles. The summed E-state index contributed by atoms with van der Waals surface area (Å²) in [5.74, 6) is 0.315. The smallest absolute Gasteiger partial charge is 0.239 e. The summed E-state index contributed by atoms with van der Waals surface area (Å²) in [6.07, 6.45) is 1.07. The highest BCUT2D eigenvalue weighted by atomic mass is 35.5. The molecular formula is C11H23ClN2O2. The lowest BCUT2D eigenvalue weighted by Gasteiger charge is -2.34. The Morgan fingerprint density at radius 1 is 1.62 bits per heavy atom. The van der Waals surface area contributed by atoms with Crippen molar-refractivity contribution in [2.45, 2.75) is 39.3 Å². The van der Waals surface area contributed by atoms with Crippen LogP contribution in [0.4, 0.5) is 0 Å². The maximum atomic E-state index is 12.0. The average molecular weight is 251 g/mol. The van der Waals surface area contributed by atoms with Gasteiger partial charge in [0.05, 0.1) is 18.8 Å². The van der Waals surface area contributed by atoms with Gasteiger partial charge in [-0.15, -0.1) is 12.4 Å². The number of hydrogen-bond acceptors (Lipinski definition) is 3. The molecule has 5 heteroatoms. The van der Waals surface area contributed by atoms with Gasteiger partial charge in [-0.2, -0.15) is 0 Å². The molecule has 16 heavy (non-hydrogen) atoms. The molecule has 1 amide bonds. The number of carbonyl (C=O) groups excluding carboxylic acids is 1. The summed E-state index contributed by atoms with van der Waals surface area (Å²) in [7, 11) is 0. The second-order valence-electron chi connectivity index (χ2n) is 4.38. The predicted molar refractivity (Wildman–Crippen MR) is 66.7 cm³/mol. The normalized spacial score (nSPS) is 24.5. The van der Waals surface area contributed by atoms with Crippen molar-refractivity contribution in [1.29, 1.82) is 0 Å². The van der Waals surface area contributed by atoms with Gasteiger partial charge in [-0.05, 0) is 12.8 Å². The first-order valence-corrected chi connectivity index (χ1v) is 5.72. The van der Waals surface area contributed by atoms with E-state index in [1.54, 1.807) is 0 Å². The molecule has 2 N–H and O–H groups in total. The molecule has 1 aliphatic heterocycles. The van der Waals surface area contributed by atoms with E-state index in [0.717, 1.165) is 6.42 Å². The highest BCUT2D eigenvalue weighted by Crippen LogP contribution is 2.11. The summed E-state index contributed by atoms with van der Waals surface area (Å²) >= 11 is 0. The lowest BCUT2D eigenvalue weighted by molar-refractivity contribution is -0.140. The third-order valence-electron chi connectivity index (χ3n) is 3.09. The van der Waals surface area contributed by atoms with Crippen molar-refractivity contribution in [3.8, 4) is 0 Å².